The zero-order chi connectivity index (χ0) is 23.5. The average molecular weight is 447 g/mol. The van der Waals surface area contributed by atoms with Gasteiger partial charge >= 0.3 is 0 Å². The lowest BCUT2D eigenvalue weighted by Crippen LogP contribution is -2.26. The lowest BCUT2D eigenvalue weighted by atomic mass is 10.2. The minimum Gasteiger partial charge on any atom is -0.497 e. The molecule has 0 aliphatic carbocycles. The molecule has 1 amide bonds. The van der Waals surface area contributed by atoms with E-state index in [1.165, 1.54) is 17.9 Å². The van der Waals surface area contributed by atoms with Gasteiger partial charge in [-0.25, -0.2) is 9.67 Å². The van der Waals surface area contributed by atoms with Crippen molar-refractivity contribution in [2.24, 2.45) is 0 Å². The van der Waals surface area contributed by atoms with Gasteiger partial charge < -0.3 is 14.8 Å². The van der Waals surface area contributed by atoms with Crippen LogP contribution < -0.4 is 20.3 Å². The number of anilines is 1. The van der Waals surface area contributed by atoms with Crippen molar-refractivity contribution in [3.63, 3.8) is 0 Å². The van der Waals surface area contributed by atoms with Crippen molar-refractivity contribution in [2.75, 3.05) is 19.5 Å². The van der Waals surface area contributed by atoms with Gasteiger partial charge in [0.2, 0.25) is 5.91 Å². The van der Waals surface area contributed by atoms with Crippen molar-refractivity contribution >= 4 is 22.6 Å². The number of nitrogens with one attached hydrogen (secondary N) is 1. The smallest absolute Gasteiger partial charge is 0.264 e. The SMILES string of the molecule is COc1ccc(OC)c(NC(=O)CCn2c(C)nc3c(cnn3-c3ccc(C)cc3)c2=O)c1. The predicted octanol–water partition coefficient (Wildman–Crippen LogP) is 3.25. The standard InChI is InChI=1S/C24H25N5O4/c1-15-5-7-17(8-6-15)29-23-19(14-25-29)24(31)28(16(2)26-23)12-11-22(30)27-20-13-18(32-3)9-10-21(20)33-4/h5-10,13-14H,11-12H2,1-4H3,(H,27,30). The van der Waals surface area contributed by atoms with Crippen LogP contribution in [0.3, 0.4) is 0 Å². The number of nitrogens with zero attached hydrogens (tertiary/aromatic N) is 4. The van der Waals surface area contributed by atoms with Gasteiger partial charge in [-0.1, -0.05) is 17.7 Å². The Morgan fingerprint density at radius 2 is 1.82 bits per heavy atom. The number of aromatic nitrogens is 4. The van der Waals surface area contributed by atoms with E-state index in [0.29, 0.717) is 34.0 Å². The number of amides is 1. The topological polar surface area (TPSA) is 100 Å². The zero-order valence-corrected chi connectivity index (χ0v) is 19.0. The maximum absolute atomic E-state index is 13.1. The second-order valence-electron chi connectivity index (χ2n) is 7.61. The van der Waals surface area contributed by atoms with Crippen LogP contribution in [0.4, 0.5) is 5.69 Å². The highest BCUT2D eigenvalue weighted by molar-refractivity contribution is 5.92. The maximum atomic E-state index is 13.1. The van der Waals surface area contributed by atoms with Crippen molar-refractivity contribution in [2.45, 2.75) is 26.8 Å². The van der Waals surface area contributed by atoms with E-state index in [2.05, 4.69) is 15.4 Å². The molecule has 0 aliphatic heterocycles. The Morgan fingerprint density at radius 1 is 1.06 bits per heavy atom. The van der Waals surface area contributed by atoms with Crippen LogP contribution in [0.25, 0.3) is 16.7 Å². The molecule has 0 saturated heterocycles. The fourth-order valence-corrected chi connectivity index (χ4v) is 3.58. The fourth-order valence-electron chi connectivity index (χ4n) is 3.58. The van der Waals surface area contributed by atoms with E-state index >= 15 is 0 Å². The van der Waals surface area contributed by atoms with Gasteiger partial charge in [0.05, 0.1) is 31.8 Å². The Morgan fingerprint density at radius 3 is 2.52 bits per heavy atom. The first-order valence-corrected chi connectivity index (χ1v) is 10.5. The maximum Gasteiger partial charge on any atom is 0.264 e. The molecule has 9 nitrogen and oxygen atoms in total. The summed E-state index contributed by atoms with van der Waals surface area (Å²) in [4.78, 5) is 30.3. The summed E-state index contributed by atoms with van der Waals surface area (Å²) in [6.45, 7) is 3.93. The Balaban J connectivity index is 1.55. The minimum absolute atomic E-state index is 0.0837. The van der Waals surface area contributed by atoms with Crippen LogP contribution in [0.2, 0.25) is 0 Å². The quantitative estimate of drug-likeness (QED) is 0.467. The number of fused-ring (bicyclic) bond motifs is 1. The van der Waals surface area contributed by atoms with Crippen LogP contribution >= 0.6 is 0 Å². The van der Waals surface area contributed by atoms with Crippen LogP contribution in [-0.4, -0.2) is 39.5 Å². The summed E-state index contributed by atoms with van der Waals surface area (Å²) in [7, 11) is 3.07. The van der Waals surface area contributed by atoms with Gasteiger partial charge in [-0.15, -0.1) is 0 Å². The van der Waals surface area contributed by atoms with Crippen molar-refractivity contribution in [3.05, 3.63) is 70.4 Å². The molecule has 2 heterocycles. The number of ether oxygens (including phenoxy) is 2. The summed E-state index contributed by atoms with van der Waals surface area (Å²) >= 11 is 0. The first kappa shape index (κ1) is 22.1. The Labute approximate surface area is 190 Å². The van der Waals surface area contributed by atoms with Crippen LogP contribution in [0.1, 0.15) is 17.8 Å². The summed E-state index contributed by atoms with van der Waals surface area (Å²) in [5, 5.41) is 7.58. The number of carbonyl (C=O) groups is 1. The average Bonchev–Trinajstić information content (AvgIpc) is 3.23. The third-order valence-electron chi connectivity index (χ3n) is 5.40. The van der Waals surface area contributed by atoms with E-state index in [9.17, 15) is 9.59 Å². The van der Waals surface area contributed by atoms with Crippen LogP contribution in [0.15, 0.2) is 53.5 Å². The molecule has 0 radical (unpaired) electrons. The molecule has 2 aromatic heterocycles. The summed E-state index contributed by atoms with van der Waals surface area (Å²) in [5.41, 5.74) is 2.71. The highest BCUT2D eigenvalue weighted by atomic mass is 16.5. The molecular formula is C24H25N5O4. The molecule has 0 bridgehead atoms. The van der Waals surface area contributed by atoms with Crippen LogP contribution in [-0.2, 0) is 11.3 Å². The second kappa shape index (κ2) is 9.15. The molecule has 1 N–H and O–H groups in total. The Hall–Kier alpha value is -4.14. The molecule has 0 unspecified atom stereocenters. The lowest BCUT2D eigenvalue weighted by Gasteiger charge is -2.13. The van der Waals surface area contributed by atoms with Crippen molar-refractivity contribution in [1.82, 2.24) is 19.3 Å². The zero-order valence-electron chi connectivity index (χ0n) is 19.0. The first-order valence-electron chi connectivity index (χ1n) is 10.5. The summed E-state index contributed by atoms with van der Waals surface area (Å²) in [6, 6.07) is 13.0. The van der Waals surface area contributed by atoms with Crippen molar-refractivity contribution in [1.29, 1.82) is 0 Å². The molecule has 0 saturated carbocycles. The first-order chi connectivity index (χ1) is 15.9. The molecule has 2 aromatic carbocycles. The van der Waals surface area contributed by atoms with Crippen LogP contribution in [0.5, 0.6) is 11.5 Å². The Bertz CT molecular complexity index is 1370. The monoisotopic (exact) mass is 447 g/mol. The molecule has 9 heteroatoms. The fraction of sp³-hybridized carbons (Fsp3) is 0.250. The van der Waals surface area contributed by atoms with Crippen molar-refractivity contribution in [3.8, 4) is 17.2 Å². The summed E-state index contributed by atoms with van der Waals surface area (Å²) in [6.07, 6.45) is 1.60. The third-order valence-corrected chi connectivity index (χ3v) is 5.40. The molecule has 0 fully saturated rings. The van der Waals surface area contributed by atoms with Gasteiger partial charge in [-0.2, -0.15) is 5.10 Å². The number of rotatable bonds is 7. The number of methoxy groups -OCH3 is 2. The summed E-state index contributed by atoms with van der Waals surface area (Å²) < 4.78 is 13.6. The van der Waals surface area contributed by atoms with E-state index in [4.69, 9.17) is 9.47 Å². The number of carbonyl (C=O) groups excluding carboxylic acids is 1. The van der Waals surface area contributed by atoms with Crippen LogP contribution in [0, 0.1) is 13.8 Å². The molecule has 0 aliphatic rings. The number of hydrogen-bond donors (Lipinski definition) is 1. The minimum atomic E-state index is -0.261. The summed E-state index contributed by atoms with van der Waals surface area (Å²) in [5.74, 6) is 1.36. The van der Waals surface area contributed by atoms with E-state index < -0.39 is 0 Å². The van der Waals surface area contributed by atoms with Gasteiger partial charge in [0, 0.05) is 19.0 Å². The number of benzene rings is 2. The van der Waals surface area contributed by atoms with Gasteiger partial charge in [0.15, 0.2) is 5.65 Å². The van der Waals surface area contributed by atoms with E-state index in [-0.39, 0.29) is 24.4 Å². The van der Waals surface area contributed by atoms with Gasteiger partial charge in [0.25, 0.3) is 5.56 Å². The highest BCUT2D eigenvalue weighted by Crippen LogP contribution is 2.29. The largest absolute Gasteiger partial charge is 0.497 e. The highest BCUT2D eigenvalue weighted by Gasteiger charge is 2.16. The second-order valence-corrected chi connectivity index (χ2v) is 7.61. The van der Waals surface area contributed by atoms with E-state index in [0.717, 1.165) is 11.3 Å². The van der Waals surface area contributed by atoms with Crippen molar-refractivity contribution < 1.29 is 14.3 Å². The van der Waals surface area contributed by atoms with E-state index in [1.54, 1.807) is 36.9 Å². The lowest BCUT2D eigenvalue weighted by molar-refractivity contribution is -0.116. The molecule has 4 rings (SSSR count). The number of hydrogen-bond acceptors (Lipinski definition) is 6. The number of aryl methyl sites for hydroxylation is 2. The van der Waals surface area contributed by atoms with Gasteiger partial charge in [-0.05, 0) is 38.1 Å². The molecule has 170 valence electrons. The molecule has 33 heavy (non-hydrogen) atoms. The molecule has 0 spiro atoms. The third kappa shape index (κ3) is 4.43. The van der Waals surface area contributed by atoms with Gasteiger partial charge in [-0.3, -0.25) is 14.2 Å². The normalized spacial score (nSPS) is 10.9. The van der Waals surface area contributed by atoms with Gasteiger partial charge in [0.1, 0.15) is 22.7 Å². The molecule has 0 atom stereocenters. The van der Waals surface area contributed by atoms with E-state index in [1.807, 2.05) is 31.2 Å². The molecule has 4 aromatic rings. The molecular weight excluding hydrogens is 422 g/mol. The Kier molecular flexibility index (Phi) is 6.12. The predicted molar refractivity (Wildman–Crippen MR) is 125 cm³/mol.